The minimum Gasteiger partial charge on any atom is -0.381 e. The molecule has 1 N–H and O–H groups in total. The van der Waals surface area contributed by atoms with Crippen LogP contribution in [0.5, 0.6) is 0 Å². The molecule has 2 heterocycles. The van der Waals surface area contributed by atoms with Crippen LogP contribution in [0.15, 0.2) is 4.99 Å². The van der Waals surface area contributed by atoms with Gasteiger partial charge in [-0.2, -0.15) is 0 Å². The topological polar surface area (TPSA) is 46.1 Å². The molecule has 2 aliphatic rings. The third kappa shape index (κ3) is 6.69. The number of hydrogen-bond donors (Lipinski definition) is 1. The summed E-state index contributed by atoms with van der Waals surface area (Å²) in [6.45, 7) is 5.69. The third-order valence-corrected chi connectivity index (χ3v) is 4.31. The van der Waals surface area contributed by atoms with Gasteiger partial charge in [0.15, 0.2) is 5.96 Å². The molecule has 0 radical (unpaired) electrons. The van der Waals surface area contributed by atoms with Crippen LogP contribution in [0, 0.1) is 11.8 Å². The number of guanidine groups is 1. The molecule has 0 aromatic heterocycles. The summed E-state index contributed by atoms with van der Waals surface area (Å²) in [5, 5.41) is 3.48. The number of rotatable bonds is 5. The second kappa shape index (κ2) is 10.6. The van der Waals surface area contributed by atoms with E-state index in [2.05, 4.69) is 22.3 Å². The summed E-state index contributed by atoms with van der Waals surface area (Å²) in [6.07, 6.45) is 4.79. The molecule has 2 rings (SSSR count). The Morgan fingerprint density at radius 3 is 2.43 bits per heavy atom. The molecule has 21 heavy (non-hydrogen) atoms. The summed E-state index contributed by atoms with van der Waals surface area (Å²) in [5.41, 5.74) is 0. The van der Waals surface area contributed by atoms with Crippen molar-refractivity contribution in [3.63, 3.8) is 0 Å². The highest BCUT2D eigenvalue weighted by molar-refractivity contribution is 14.0. The van der Waals surface area contributed by atoms with E-state index in [9.17, 15) is 0 Å². The molecular formula is C15H30IN3O2. The third-order valence-electron chi connectivity index (χ3n) is 4.31. The summed E-state index contributed by atoms with van der Waals surface area (Å²) in [4.78, 5) is 6.60. The summed E-state index contributed by atoms with van der Waals surface area (Å²) < 4.78 is 10.8. The minimum absolute atomic E-state index is 0. The molecule has 0 amide bonds. The van der Waals surface area contributed by atoms with Gasteiger partial charge in [0.05, 0.1) is 6.61 Å². The lowest BCUT2D eigenvalue weighted by molar-refractivity contribution is 0.0643. The van der Waals surface area contributed by atoms with Crippen molar-refractivity contribution in [1.29, 1.82) is 0 Å². The van der Waals surface area contributed by atoms with Crippen LogP contribution in [0.3, 0.4) is 0 Å². The summed E-state index contributed by atoms with van der Waals surface area (Å²) in [5.74, 6) is 2.46. The number of nitrogens with one attached hydrogen (secondary N) is 1. The Morgan fingerprint density at radius 2 is 1.81 bits per heavy atom. The monoisotopic (exact) mass is 411 g/mol. The molecule has 0 bridgehead atoms. The lowest BCUT2D eigenvalue weighted by atomic mass is 9.97. The molecule has 5 nitrogen and oxygen atoms in total. The van der Waals surface area contributed by atoms with Gasteiger partial charge in [-0.05, 0) is 31.6 Å². The average molecular weight is 411 g/mol. The lowest BCUT2D eigenvalue weighted by Gasteiger charge is -2.26. The molecular weight excluding hydrogens is 381 g/mol. The maximum atomic E-state index is 5.43. The van der Waals surface area contributed by atoms with Gasteiger partial charge < -0.3 is 19.7 Å². The largest absolute Gasteiger partial charge is 0.381 e. The fourth-order valence-electron chi connectivity index (χ4n) is 3.01. The molecule has 2 saturated heterocycles. The number of aliphatic imine (C=N–C) groups is 1. The van der Waals surface area contributed by atoms with E-state index in [1.54, 1.807) is 0 Å². The Balaban J connectivity index is 0.00000220. The SMILES string of the molecule is CN=C(NCCC1CCOCC1)N(C)CC1CCOC1.I. The molecule has 0 aliphatic carbocycles. The molecule has 2 fully saturated rings. The summed E-state index contributed by atoms with van der Waals surface area (Å²) >= 11 is 0. The molecule has 0 aromatic carbocycles. The maximum absolute atomic E-state index is 5.43. The second-order valence-electron chi connectivity index (χ2n) is 5.93. The first-order chi connectivity index (χ1) is 9.79. The first kappa shape index (κ1) is 19.0. The smallest absolute Gasteiger partial charge is 0.193 e. The molecule has 6 heteroatoms. The number of hydrogen-bond acceptors (Lipinski definition) is 3. The Labute approximate surface area is 145 Å². The molecule has 1 unspecified atom stereocenters. The highest BCUT2D eigenvalue weighted by atomic mass is 127. The number of halogens is 1. The predicted octanol–water partition coefficient (Wildman–Crippen LogP) is 1.96. The van der Waals surface area contributed by atoms with Crippen molar-refractivity contribution < 1.29 is 9.47 Å². The zero-order valence-electron chi connectivity index (χ0n) is 13.3. The van der Waals surface area contributed by atoms with Crippen LogP contribution in [-0.4, -0.2) is 64.5 Å². The highest BCUT2D eigenvalue weighted by Gasteiger charge is 2.19. The van der Waals surface area contributed by atoms with Crippen molar-refractivity contribution in [3.05, 3.63) is 0 Å². The van der Waals surface area contributed by atoms with Crippen LogP contribution < -0.4 is 5.32 Å². The molecule has 0 saturated carbocycles. The standard InChI is InChI=1S/C15H29N3O2.HI/c1-16-15(18(2)11-14-6-10-20-12-14)17-7-3-13-4-8-19-9-5-13;/h13-14H,3-12H2,1-2H3,(H,16,17);1H. The molecule has 0 aromatic rings. The van der Waals surface area contributed by atoms with Gasteiger partial charge in [-0.3, -0.25) is 4.99 Å². The molecule has 124 valence electrons. The van der Waals surface area contributed by atoms with Crippen LogP contribution in [0.2, 0.25) is 0 Å². The Kier molecular flexibility index (Phi) is 9.59. The fourth-order valence-corrected chi connectivity index (χ4v) is 3.01. The predicted molar refractivity (Wildman–Crippen MR) is 96.5 cm³/mol. The van der Waals surface area contributed by atoms with Gasteiger partial charge >= 0.3 is 0 Å². The van der Waals surface area contributed by atoms with E-state index in [4.69, 9.17) is 9.47 Å². The molecule has 2 aliphatic heterocycles. The van der Waals surface area contributed by atoms with Crippen molar-refractivity contribution in [2.75, 3.05) is 53.6 Å². The van der Waals surface area contributed by atoms with Crippen LogP contribution in [0.1, 0.15) is 25.7 Å². The van der Waals surface area contributed by atoms with E-state index in [0.717, 1.165) is 51.4 Å². The van der Waals surface area contributed by atoms with E-state index < -0.39 is 0 Å². The first-order valence-electron chi connectivity index (χ1n) is 7.87. The zero-order chi connectivity index (χ0) is 14.2. The first-order valence-corrected chi connectivity index (χ1v) is 7.87. The van der Waals surface area contributed by atoms with Gasteiger partial charge in [-0.1, -0.05) is 0 Å². The van der Waals surface area contributed by atoms with Crippen molar-refractivity contribution in [3.8, 4) is 0 Å². The zero-order valence-corrected chi connectivity index (χ0v) is 15.7. The highest BCUT2D eigenvalue weighted by Crippen LogP contribution is 2.17. The van der Waals surface area contributed by atoms with Crippen molar-refractivity contribution >= 4 is 29.9 Å². The van der Waals surface area contributed by atoms with Gasteiger partial charge in [-0.25, -0.2) is 0 Å². The van der Waals surface area contributed by atoms with Gasteiger partial charge in [0.2, 0.25) is 0 Å². The van der Waals surface area contributed by atoms with E-state index in [1.807, 2.05) is 7.05 Å². The van der Waals surface area contributed by atoms with Crippen molar-refractivity contribution in [1.82, 2.24) is 10.2 Å². The van der Waals surface area contributed by atoms with Crippen molar-refractivity contribution in [2.45, 2.75) is 25.7 Å². The van der Waals surface area contributed by atoms with E-state index in [-0.39, 0.29) is 24.0 Å². The molecule has 0 spiro atoms. The fraction of sp³-hybridized carbons (Fsp3) is 0.933. The van der Waals surface area contributed by atoms with E-state index in [0.29, 0.717) is 5.92 Å². The van der Waals surface area contributed by atoms with Gasteiger partial charge in [0.25, 0.3) is 0 Å². The second-order valence-corrected chi connectivity index (χ2v) is 5.93. The van der Waals surface area contributed by atoms with Crippen LogP contribution in [0.25, 0.3) is 0 Å². The Bertz CT molecular complexity index is 303. The van der Waals surface area contributed by atoms with Gasteiger partial charge in [0, 0.05) is 52.9 Å². The van der Waals surface area contributed by atoms with Gasteiger partial charge in [-0.15, -0.1) is 24.0 Å². The Hall–Kier alpha value is -0.0800. The maximum Gasteiger partial charge on any atom is 0.193 e. The molecule has 1 atom stereocenters. The van der Waals surface area contributed by atoms with Crippen LogP contribution in [-0.2, 0) is 9.47 Å². The van der Waals surface area contributed by atoms with E-state index in [1.165, 1.54) is 25.7 Å². The minimum atomic E-state index is 0. The summed E-state index contributed by atoms with van der Waals surface area (Å²) in [7, 11) is 3.97. The number of ether oxygens (including phenoxy) is 2. The van der Waals surface area contributed by atoms with Crippen LogP contribution in [0.4, 0.5) is 0 Å². The summed E-state index contributed by atoms with van der Waals surface area (Å²) in [6, 6.07) is 0. The van der Waals surface area contributed by atoms with E-state index >= 15 is 0 Å². The number of nitrogens with zero attached hydrogens (tertiary/aromatic N) is 2. The lowest BCUT2D eigenvalue weighted by Crippen LogP contribution is -2.42. The van der Waals surface area contributed by atoms with Gasteiger partial charge in [0.1, 0.15) is 0 Å². The van der Waals surface area contributed by atoms with Crippen LogP contribution >= 0.6 is 24.0 Å². The van der Waals surface area contributed by atoms with Crippen molar-refractivity contribution in [2.24, 2.45) is 16.8 Å². The normalized spacial score (nSPS) is 23.7. The Morgan fingerprint density at radius 1 is 1.14 bits per heavy atom. The average Bonchev–Trinajstić information content (AvgIpc) is 2.97. The quantitative estimate of drug-likeness (QED) is 0.427.